The van der Waals surface area contributed by atoms with E-state index >= 15 is 0 Å². The maximum Gasteiger partial charge on any atom is 0.240 e. The van der Waals surface area contributed by atoms with E-state index in [-0.39, 0.29) is 11.9 Å². The van der Waals surface area contributed by atoms with Gasteiger partial charge in [-0.2, -0.15) is 11.8 Å². The van der Waals surface area contributed by atoms with Crippen LogP contribution in [0.5, 0.6) is 0 Å². The molecule has 1 fully saturated rings. The van der Waals surface area contributed by atoms with Crippen molar-refractivity contribution in [3.8, 4) is 0 Å². The van der Waals surface area contributed by atoms with E-state index in [1.807, 2.05) is 0 Å². The molecule has 1 aliphatic rings. The van der Waals surface area contributed by atoms with Crippen LogP contribution in [0.3, 0.4) is 0 Å². The second kappa shape index (κ2) is 3.25. The predicted octanol–water partition coefficient (Wildman–Crippen LogP) is -0.481. The summed E-state index contributed by atoms with van der Waals surface area (Å²) in [6.07, 6.45) is 0. The lowest BCUT2D eigenvalue weighted by Gasteiger charge is -2.15. The molecular formula is C6H12N2OS. The fourth-order valence-corrected chi connectivity index (χ4v) is 1.84. The van der Waals surface area contributed by atoms with Crippen molar-refractivity contribution in [3.05, 3.63) is 0 Å². The average molecular weight is 160 g/mol. The van der Waals surface area contributed by atoms with Crippen LogP contribution in [0, 0.1) is 0 Å². The highest BCUT2D eigenvalue weighted by atomic mass is 32.2. The normalized spacial score (nSPS) is 28.4. The third-order valence-electron chi connectivity index (χ3n) is 1.56. The Labute approximate surface area is 64.9 Å². The van der Waals surface area contributed by atoms with Gasteiger partial charge in [-0.25, -0.2) is 0 Å². The third kappa shape index (κ3) is 1.64. The molecule has 0 aromatic rings. The molecule has 0 saturated carbocycles. The monoisotopic (exact) mass is 160 g/mol. The molecule has 1 saturated heterocycles. The number of thioether (sulfide) groups is 1. The molecule has 0 aromatic carbocycles. The van der Waals surface area contributed by atoms with E-state index in [1.54, 1.807) is 23.7 Å². The molecule has 2 N–H and O–H groups in total. The molecule has 0 radical (unpaired) electrons. The molecule has 58 valence electrons. The van der Waals surface area contributed by atoms with Crippen LogP contribution < -0.4 is 5.73 Å². The Morgan fingerprint density at radius 1 is 1.80 bits per heavy atom. The first-order chi connectivity index (χ1) is 4.72. The first-order valence-corrected chi connectivity index (χ1v) is 4.45. The lowest BCUT2D eigenvalue weighted by atomic mass is 10.3. The van der Waals surface area contributed by atoms with Crippen molar-refractivity contribution in [2.24, 2.45) is 5.73 Å². The van der Waals surface area contributed by atoms with Crippen molar-refractivity contribution in [1.82, 2.24) is 4.90 Å². The predicted molar refractivity (Wildman–Crippen MR) is 42.9 cm³/mol. The summed E-state index contributed by atoms with van der Waals surface area (Å²) in [5, 5.41) is 0. The topological polar surface area (TPSA) is 46.3 Å². The van der Waals surface area contributed by atoms with Crippen molar-refractivity contribution in [2.45, 2.75) is 6.04 Å². The molecule has 0 aliphatic carbocycles. The van der Waals surface area contributed by atoms with Gasteiger partial charge in [0.2, 0.25) is 5.91 Å². The van der Waals surface area contributed by atoms with E-state index < -0.39 is 0 Å². The number of amides is 1. The van der Waals surface area contributed by atoms with E-state index in [2.05, 4.69) is 0 Å². The largest absolute Gasteiger partial charge is 0.344 e. The number of hydrogen-bond acceptors (Lipinski definition) is 3. The van der Waals surface area contributed by atoms with E-state index in [1.165, 1.54) is 0 Å². The Balaban J connectivity index is 2.55. The van der Waals surface area contributed by atoms with Crippen LogP contribution in [0.1, 0.15) is 0 Å². The second-order valence-electron chi connectivity index (χ2n) is 2.44. The summed E-state index contributed by atoms with van der Waals surface area (Å²) in [5.74, 6) is 1.85. The van der Waals surface area contributed by atoms with Gasteiger partial charge in [0.05, 0.1) is 6.04 Å². The van der Waals surface area contributed by atoms with Gasteiger partial charge >= 0.3 is 0 Å². The van der Waals surface area contributed by atoms with E-state index in [0.29, 0.717) is 0 Å². The van der Waals surface area contributed by atoms with Gasteiger partial charge in [0, 0.05) is 25.1 Å². The lowest BCUT2D eigenvalue weighted by molar-refractivity contribution is -0.130. The van der Waals surface area contributed by atoms with Gasteiger partial charge in [-0.1, -0.05) is 0 Å². The molecule has 1 rings (SSSR count). The van der Waals surface area contributed by atoms with E-state index in [4.69, 9.17) is 5.73 Å². The first-order valence-electron chi connectivity index (χ1n) is 3.30. The van der Waals surface area contributed by atoms with Crippen LogP contribution in [0.25, 0.3) is 0 Å². The van der Waals surface area contributed by atoms with Gasteiger partial charge < -0.3 is 10.6 Å². The minimum atomic E-state index is -0.280. The third-order valence-corrected chi connectivity index (χ3v) is 2.63. The van der Waals surface area contributed by atoms with Crippen molar-refractivity contribution in [1.29, 1.82) is 0 Å². The highest BCUT2D eigenvalue weighted by Crippen LogP contribution is 2.08. The van der Waals surface area contributed by atoms with Gasteiger partial charge in [0.15, 0.2) is 0 Å². The number of carbonyl (C=O) groups is 1. The van der Waals surface area contributed by atoms with E-state index in [9.17, 15) is 4.79 Å². The molecule has 1 heterocycles. The molecule has 4 heteroatoms. The zero-order chi connectivity index (χ0) is 7.56. The molecule has 0 aromatic heterocycles. The van der Waals surface area contributed by atoms with Gasteiger partial charge in [-0.3, -0.25) is 4.79 Å². The Kier molecular flexibility index (Phi) is 2.56. The summed E-state index contributed by atoms with van der Waals surface area (Å²) in [7, 11) is 1.80. The number of nitrogens with zero attached hydrogens (tertiary/aromatic N) is 1. The SMILES string of the molecule is CN1CCSC[C@H](N)C1=O. The van der Waals surface area contributed by atoms with E-state index in [0.717, 1.165) is 18.1 Å². The van der Waals surface area contributed by atoms with Crippen LogP contribution >= 0.6 is 11.8 Å². The van der Waals surface area contributed by atoms with Gasteiger partial charge in [0.1, 0.15) is 0 Å². The first kappa shape index (κ1) is 7.88. The second-order valence-corrected chi connectivity index (χ2v) is 3.59. The van der Waals surface area contributed by atoms with Gasteiger partial charge in [-0.15, -0.1) is 0 Å². The number of nitrogens with two attached hydrogens (primary N) is 1. The molecular weight excluding hydrogens is 148 g/mol. The highest BCUT2D eigenvalue weighted by Gasteiger charge is 2.20. The van der Waals surface area contributed by atoms with Crippen molar-refractivity contribution in [2.75, 3.05) is 25.1 Å². The Morgan fingerprint density at radius 2 is 2.50 bits per heavy atom. The summed E-state index contributed by atoms with van der Waals surface area (Å²) in [6.45, 7) is 0.831. The number of rotatable bonds is 0. The van der Waals surface area contributed by atoms with Crippen molar-refractivity contribution >= 4 is 17.7 Å². The molecule has 0 unspecified atom stereocenters. The smallest absolute Gasteiger partial charge is 0.240 e. The molecule has 10 heavy (non-hydrogen) atoms. The number of carbonyl (C=O) groups excluding carboxylic acids is 1. The summed E-state index contributed by atoms with van der Waals surface area (Å²) in [4.78, 5) is 12.8. The standard InChI is InChI=1S/C6H12N2OS/c1-8-2-3-10-4-5(7)6(8)9/h5H,2-4,7H2,1H3/t5-/m0/s1. The Bertz CT molecular complexity index is 126. The fraction of sp³-hybridized carbons (Fsp3) is 0.833. The maximum absolute atomic E-state index is 11.1. The molecule has 0 bridgehead atoms. The Hall–Kier alpha value is -0.220. The average Bonchev–Trinajstić information content (AvgIpc) is 2.04. The summed E-state index contributed by atoms with van der Waals surface area (Å²) < 4.78 is 0. The molecule has 1 aliphatic heterocycles. The molecule has 1 atom stereocenters. The summed E-state index contributed by atoms with van der Waals surface area (Å²) in [6, 6.07) is -0.280. The van der Waals surface area contributed by atoms with Crippen LogP contribution in [-0.2, 0) is 4.79 Å². The van der Waals surface area contributed by atoms with Gasteiger partial charge in [0.25, 0.3) is 0 Å². The van der Waals surface area contributed by atoms with Gasteiger partial charge in [-0.05, 0) is 0 Å². The van der Waals surface area contributed by atoms with Crippen molar-refractivity contribution in [3.63, 3.8) is 0 Å². The van der Waals surface area contributed by atoms with Crippen LogP contribution in [0.2, 0.25) is 0 Å². The quantitative estimate of drug-likeness (QED) is 0.520. The van der Waals surface area contributed by atoms with Crippen LogP contribution in [0.15, 0.2) is 0 Å². The minimum absolute atomic E-state index is 0.0741. The molecule has 1 amide bonds. The summed E-state index contributed by atoms with van der Waals surface area (Å²) in [5.41, 5.74) is 5.56. The summed E-state index contributed by atoms with van der Waals surface area (Å²) >= 11 is 1.74. The molecule has 3 nitrogen and oxygen atoms in total. The fourth-order valence-electron chi connectivity index (χ4n) is 0.876. The minimum Gasteiger partial charge on any atom is -0.344 e. The Morgan fingerprint density at radius 3 is 3.20 bits per heavy atom. The number of likely N-dealkylation sites (N-methyl/N-ethyl adjacent to an activating group) is 1. The van der Waals surface area contributed by atoms with Crippen LogP contribution in [0.4, 0.5) is 0 Å². The highest BCUT2D eigenvalue weighted by molar-refractivity contribution is 7.99. The zero-order valence-corrected chi connectivity index (χ0v) is 6.86. The zero-order valence-electron chi connectivity index (χ0n) is 6.04. The molecule has 0 spiro atoms. The number of hydrogen-bond donors (Lipinski definition) is 1. The lowest BCUT2D eigenvalue weighted by Crippen LogP contribution is -2.41. The van der Waals surface area contributed by atoms with Crippen molar-refractivity contribution < 1.29 is 4.79 Å². The van der Waals surface area contributed by atoms with Crippen LogP contribution in [-0.4, -0.2) is 41.9 Å². The maximum atomic E-state index is 11.1.